The molecule has 0 saturated carbocycles. The summed E-state index contributed by atoms with van der Waals surface area (Å²) in [5, 5.41) is 3.62. The quantitative estimate of drug-likeness (QED) is 0.435. The first-order valence-electron chi connectivity index (χ1n) is 6.11. The van der Waals surface area contributed by atoms with Crippen LogP contribution >= 0.6 is 0 Å². The summed E-state index contributed by atoms with van der Waals surface area (Å²) in [4.78, 5) is 21.8. The number of primary amides is 1. The van der Waals surface area contributed by atoms with Crippen molar-refractivity contribution in [1.29, 1.82) is 0 Å². The molecule has 0 unspecified atom stereocenters. The molecule has 0 saturated heterocycles. The van der Waals surface area contributed by atoms with Gasteiger partial charge in [-0.15, -0.1) is 0 Å². The van der Waals surface area contributed by atoms with Gasteiger partial charge in [-0.2, -0.15) is 5.10 Å². The highest BCUT2D eigenvalue weighted by molar-refractivity contribution is 5.82. The first kappa shape index (κ1) is 16.3. The van der Waals surface area contributed by atoms with Crippen molar-refractivity contribution in [3.8, 4) is 11.5 Å². The first-order chi connectivity index (χ1) is 10.1. The van der Waals surface area contributed by atoms with Crippen molar-refractivity contribution in [2.24, 2.45) is 10.8 Å². The van der Waals surface area contributed by atoms with Crippen LogP contribution in [0.25, 0.3) is 0 Å². The van der Waals surface area contributed by atoms with E-state index in [1.165, 1.54) is 13.3 Å². The Balaban J connectivity index is 2.77. The average molecular weight is 295 g/mol. The number of urea groups is 1. The molecule has 21 heavy (non-hydrogen) atoms. The molecular weight excluding hydrogens is 278 g/mol. The molecule has 1 rings (SSSR count). The number of carbonyl (C=O) groups is 2. The molecule has 0 aliphatic heterocycles. The summed E-state index contributed by atoms with van der Waals surface area (Å²) in [6.07, 6.45) is 1.38. The van der Waals surface area contributed by atoms with Gasteiger partial charge in [-0.3, -0.25) is 0 Å². The molecule has 8 heteroatoms. The number of hydrazone groups is 1. The third kappa shape index (κ3) is 5.81. The van der Waals surface area contributed by atoms with E-state index in [4.69, 9.17) is 19.9 Å². The molecule has 2 amide bonds. The Morgan fingerprint density at radius 1 is 1.38 bits per heavy atom. The molecule has 114 valence electrons. The summed E-state index contributed by atoms with van der Waals surface area (Å²) in [7, 11) is 1.48. The fourth-order valence-corrected chi connectivity index (χ4v) is 1.40. The number of esters is 1. The molecule has 0 aliphatic rings. The van der Waals surface area contributed by atoms with Crippen molar-refractivity contribution in [3.05, 3.63) is 23.8 Å². The maximum Gasteiger partial charge on any atom is 0.344 e. The highest BCUT2D eigenvalue weighted by atomic mass is 16.6. The normalized spacial score (nSPS) is 10.2. The molecule has 0 radical (unpaired) electrons. The van der Waals surface area contributed by atoms with Gasteiger partial charge >= 0.3 is 12.0 Å². The molecule has 0 aromatic heterocycles. The van der Waals surface area contributed by atoms with E-state index < -0.39 is 12.0 Å². The van der Waals surface area contributed by atoms with Crippen molar-refractivity contribution >= 4 is 18.2 Å². The Bertz CT molecular complexity index is 531. The van der Waals surface area contributed by atoms with Crippen LogP contribution in [0.4, 0.5) is 4.79 Å². The monoisotopic (exact) mass is 295 g/mol. The Hall–Kier alpha value is -2.77. The Morgan fingerprint density at radius 3 is 2.76 bits per heavy atom. The van der Waals surface area contributed by atoms with Crippen LogP contribution in [0, 0.1) is 0 Å². The third-order valence-electron chi connectivity index (χ3n) is 2.23. The van der Waals surface area contributed by atoms with Gasteiger partial charge in [-0.1, -0.05) is 0 Å². The van der Waals surface area contributed by atoms with Gasteiger partial charge in [-0.05, 0) is 30.7 Å². The number of rotatable bonds is 7. The molecule has 8 nitrogen and oxygen atoms in total. The van der Waals surface area contributed by atoms with E-state index in [2.05, 4.69) is 10.5 Å². The molecule has 0 fully saturated rings. The van der Waals surface area contributed by atoms with Crippen LogP contribution in [0.15, 0.2) is 23.3 Å². The Labute approximate surface area is 121 Å². The molecule has 1 aromatic rings. The van der Waals surface area contributed by atoms with E-state index in [-0.39, 0.29) is 13.2 Å². The standard InChI is InChI=1S/C13H17N3O5/c1-3-20-12(17)8-21-11-6-9(4-5-10(11)19-2)7-15-16-13(14)18/h4-7H,3,8H2,1-2H3,(H3,14,16,18)/b15-7-. The van der Waals surface area contributed by atoms with Crippen LogP contribution in [0.2, 0.25) is 0 Å². The summed E-state index contributed by atoms with van der Waals surface area (Å²) >= 11 is 0. The second-order valence-corrected chi connectivity index (χ2v) is 3.74. The van der Waals surface area contributed by atoms with Gasteiger partial charge in [-0.25, -0.2) is 15.0 Å². The van der Waals surface area contributed by atoms with Crippen LogP contribution in [0.5, 0.6) is 11.5 Å². The predicted octanol–water partition coefficient (Wildman–Crippen LogP) is 0.639. The average Bonchev–Trinajstić information content (AvgIpc) is 2.45. The lowest BCUT2D eigenvalue weighted by Crippen LogP contribution is -2.24. The van der Waals surface area contributed by atoms with Crippen LogP contribution in [0.3, 0.4) is 0 Å². The number of nitrogens with one attached hydrogen (secondary N) is 1. The number of amides is 2. The maximum atomic E-state index is 11.3. The van der Waals surface area contributed by atoms with Gasteiger partial charge < -0.3 is 19.9 Å². The SMILES string of the molecule is CCOC(=O)COc1cc(/C=N\NC(N)=O)ccc1OC. The molecule has 0 spiro atoms. The number of nitrogens with two attached hydrogens (primary N) is 1. The predicted molar refractivity (Wildman–Crippen MR) is 75.4 cm³/mol. The Morgan fingerprint density at radius 2 is 2.14 bits per heavy atom. The van der Waals surface area contributed by atoms with Crippen molar-refractivity contribution in [2.45, 2.75) is 6.92 Å². The molecular formula is C13H17N3O5. The van der Waals surface area contributed by atoms with Crippen molar-refractivity contribution < 1.29 is 23.8 Å². The van der Waals surface area contributed by atoms with Gasteiger partial charge in [0, 0.05) is 0 Å². The van der Waals surface area contributed by atoms with E-state index >= 15 is 0 Å². The van der Waals surface area contributed by atoms with E-state index in [1.54, 1.807) is 25.1 Å². The number of methoxy groups -OCH3 is 1. The highest BCUT2D eigenvalue weighted by Crippen LogP contribution is 2.27. The Kier molecular flexibility index (Phi) is 6.52. The number of hydrogen-bond acceptors (Lipinski definition) is 6. The fraction of sp³-hybridized carbons (Fsp3) is 0.308. The largest absolute Gasteiger partial charge is 0.493 e. The summed E-state index contributed by atoms with van der Waals surface area (Å²) in [5.41, 5.74) is 7.58. The lowest BCUT2D eigenvalue weighted by Gasteiger charge is -2.10. The molecule has 0 bridgehead atoms. The molecule has 0 aliphatic carbocycles. The summed E-state index contributed by atoms with van der Waals surface area (Å²) in [6, 6.07) is 4.18. The van der Waals surface area contributed by atoms with Crippen LogP contribution < -0.4 is 20.6 Å². The second-order valence-electron chi connectivity index (χ2n) is 3.74. The van der Waals surface area contributed by atoms with Crippen LogP contribution in [0.1, 0.15) is 12.5 Å². The minimum absolute atomic E-state index is 0.232. The number of carbonyl (C=O) groups excluding carboxylic acids is 2. The van der Waals surface area contributed by atoms with Crippen LogP contribution in [-0.4, -0.2) is 38.5 Å². The lowest BCUT2D eigenvalue weighted by molar-refractivity contribution is -0.145. The zero-order valence-electron chi connectivity index (χ0n) is 11.8. The lowest BCUT2D eigenvalue weighted by atomic mass is 10.2. The summed E-state index contributed by atoms with van der Waals surface area (Å²) < 4.78 is 15.2. The number of nitrogens with zero attached hydrogens (tertiary/aromatic N) is 1. The summed E-state index contributed by atoms with van der Waals surface area (Å²) in [5.74, 6) is 0.335. The smallest absolute Gasteiger partial charge is 0.344 e. The van der Waals surface area contributed by atoms with Crippen molar-refractivity contribution in [3.63, 3.8) is 0 Å². The number of benzene rings is 1. The van der Waals surface area contributed by atoms with Crippen molar-refractivity contribution in [1.82, 2.24) is 5.43 Å². The third-order valence-corrected chi connectivity index (χ3v) is 2.23. The minimum Gasteiger partial charge on any atom is -0.493 e. The van der Waals surface area contributed by atoms with Gasteiger partial charge in [0.05, 0.1) is 19.9 Å². The van der Waals surface area contributed by atoms with Gasteiger partial charge in [0.1, 0.15) is 0 Å². The zero-order chi connectivity index (χ0) is 15.7. The topological polar surface area (TPSA) is 112 Å². The molecule has 3 N–H and O–H groups in total. The number of ether oxygens (including phenoxy) is 3. The highest BCUT2D eigenvalue weighted by Gasteiger charge is 2.08. The van der Waals surface area contributed by atoms with Gasteiger partial charge in [0.15, 0.2) is 18.1 Å². The molecule has 0 atom stereocenters. The molecule has 0 heterocycles. The van der Waals surface area contributed by atoms with Crippen molar-refractivity contribution in [2.75, 3.05) is 20.3 Å². The van der Waals surface area contributed by atoms with Gasteiger partial charge in [0.2, 0.25) is 0 Å². The first-order valence-corrected chi connectivity index (χ1v) is 6.11. The van der Waals surface area contributed by atoms with E-state index in [1.807, 2.05) is 0 Å². The fourth-order valence-electron chi connectivity index (χ4n) is 1.40. The maximum absolute atomic E-state index is 11.3. The minimum atomic E-state index is -0.765. The summed E-state index contributed by atoms with van der Waals surface area (Å²) in [6.45, 7) is 1.76. The molecule has 1 aromatic carbocycles. The van der Waals surface area contributed by atoms with E-state index in [0.29, 0.717) is 17.1 Å². The van der Waals surface area contributed by atoms with E-state index in [9.17, 15) is 9.59 Å². The second kappa shape index (κ2) is 8.41. The zero-order valence-corrected chi connectivity index (χ0v) is 11.8. The van der Waals surface area contributed by atoms with Gasteiger partial charge in [0.25, 0.3) is 0 Å². The van der Waals surface area contributed by atoms with Crippen LogP contribution in [-0.2, 0) is 9.53 Å². The number of hydrogen-bond donors (Lipinski definition) is 2. The van der Waals surface area contributed by atoms with E-state index in [0.717, 1.165) is 0 Å².